The number of carbonyl (C=O) groups excluding carboxylic acids is 3. The van der Waals surface area contributed by atoms with Crippen molar-refractivity contribution < 1.29 is 28.2 Å². The Hall–Kier alpha value is -2.21. The summed E-state index contributed by atoms with van der Waals surface area (Å²) in [6.45, 7) is 1.74. The Kier molecular flexibility index (Phi) is 8.07. The van der Waals surface area contributed by atoms with E-state index in [-0.39, 0.29) is 29.8 Å². The molecule has 178 valence electrons. The molecule has 4 rings (SSSR count). The van der Waals surface area contributed by atoms with Gasteiger partial charge in [0, 0.05) is 13.1 Å². The van der Waals surface area contributed by atoms with E-state index in [0.29, 0.717) is 46.6 Å². The van der Waals surface area contributed by atoms with Crippen LogP contribution in [0.5, 0.6) is 5.75 Å². The third kappa shape index (κ3) is 5.88. The summed E-state index contributed by atoms with van der Waals surface area (Å²) >= 11 is 7.75. The van der Waals surface area contributed by atoms with E-state index in [1.807, 2.05) is 0 Å². The number of ether oxygens (including phenoxy) is 2. The number of benzene rings is 2. The summed E-state index contributed by atoms with van der Waals surface area (Å²) in [5.41, 5.74) is 1.47. The topological polar surface area (TPSA) is 76.2 Å². The van der Waals surface area contributed by atoms with Gasteiger partial charge in [-0.05, 0) is 85.1 Å². The Balaban J connectivity index is 1.44. The Morgan fingerprint density at radius 2 is 1.76 bits per heavy atom. The van der Waals surface area contributed by atoms with E-state index in [2.05, 4.69) is 31.9 Å². The zero-order valence-electron chi connectivity index (χ0n) is 17.8. The number of imide groups is 1. The normalized spacial score (nSPS) is 17.6. The third-order valence-corrected chi connectivity index (χ3v) is 7.23. The maximum atomic E-state index is 13.1. The molecule has 0 radical (unpaired) electrons. The van der Waals surface area contributed by atoms with Crippen LogP contribution in [-0.2, 0) is 20.9 Å². The quantitative estimate of drug-likeness (QED) is 0.435. The van der Waals surface area contributed by atoms with Gasteiger partial charge in [0.1, 0.15) is 24.7 Å². The largest absolute Gasteiger partial charge is 0.487 e. The van der Waals surface area contributed by atoms with E-state index in [4.69, 9.17) is 9.47 Å². The minimum Gasteiger partial charge on any atom is -0.487 e. The minimum absolute atomic E-state index is 0.235. The summed E-state index contributed by atoms with van der Waals surface area (Å²) in [5, 5.41) is -0.477. The highest BCUT2D eigenvalue weighted by atomic mass is 79.9. The second-order valence-corrected chi connectivity index (χ2v) is 10.2. The molecule has 2 heterocycles. The summed E-state index contributed by atoms with van der Waals surface area (Å²) in [4.78, 5) is 40.5. The molecule has 2 aromatic carbocycles. The first-order chi connectivity index (χ1) is 16.3. The summed E-state index contributed by atoms with van der Waals surface area (Å²) in [7, 11) is 0. The zero-order chi connectivity index (χ0) is 24.2. The standard InChI is InChI=1S/C23H19Br2FN2O5S/c24-17-9-15(10-18(25)21(17)33-13-14-1-3-16(26)4-2-14)11-19-22(30)28(23(31)34-19)12-20(29)27-5-7-32-8-6-27/h1-4,9-11H,5-8,12-13H2/b19-11+. The summed E-state index contributed by atoms with van der Waals surface area (Å²) in [6, 6.07) is 9.55. The van der Waals surface area contributed by atoms with Crippen molar-refractivity contribution in [3.05, 3.63) is 67.2 Å². The third-order valence-electron chi connectivity index (χ3n) is 5.15. The number of hydrogen-bond donors (Lipinski definition) is 0. The van der Waals surface area contributed by atoms with Gasteiger partial charge in [-0.15, -0.1) is 0 Å². The van der Waals surface area contributed by atoms with Gasteiger partial charge >= 0.3 is 0 Å². The smallest absolute Gasteiger partial charge is 0.294 e. The highest BCUT2D eigenvalue weighted by Gasteiger charge is 2.37. The second-order valence-electron chi connectivity index (χ2n) is 7.49. The highest BCUT2D eigenvalue weighted by molar-refractivity contribution is 9.11. The first-order valence-corrected chi connectivity index (χ1v) is 12.7. The van der Waals surface area contributed by atoms with E-state index in [1.165, 1.54) is 12.1 Å². The predicted octanol–water partition coefficient (Wildman–Crippen LogP) is 4.82. The molecule has 0 bridgehead atoms. The van der Waals surface area contributed by atoms with Crippen LogP contribution in [-0.4, -0.2) is 59.7 Å². The SMILES string of the molecule is O=C(CN1C(=O)S/C(=C/c2cc(Br)c(OCc3ccc(F)cc3)c(Br)c2)C1=O)N1CCOCC1. The molecule has 0 unspecified atom stereocenters. The van der Waals surface area contributed by atoms with Gasteiger partial charge in [-0.1, -0.05) is 12.1 Å². The zero-order valence-corrected chi connectivity index (χ0v) is 21.8. The molecule has 2 aliphatic heterocycles. The molecule has 3 amide bonds. The molecule has 0 spiro atoms. The summed E-state index contributed by atoms with van der Waals surface area (Å²) in [6.07, 6.45) is 1.60. The number of rotatable bonds is 6. The van der Waals surface area contributed by atoms with Crippen molar-refractivity contribution in [2.75, 3.05) is 32.8 Å². The van der Waals surface area contributed by atoms with Crippen molar-refractivity contribution >= 4 is 66.8 Å². The molecule has 0 aliphatic carbocycles. The average Bonchev–Trinajstić information content (AvgIpc) is 3.07. The van der Waals surface area contributed by atoms with Gasteiger partial charge in [0.2, 0.25) is 5.91 Å². The van der Waals surface area contributed by atoms with Crippen molar-refractivity contribution in [2.24, 2.45) is 0 Å². The van der Waals surface area contributed by atoms with Gasteiger partial charge in [-0.2, -0.15) is 0 Å². The Morgan fingerprint density at radius 3 is 2.41 bits per heavy atom. The van der Waals surface area contributed by atoms with Crippen molar-refractivity contribution in [3.63, 3.8) is 0 Å². The van der Waals surface area contributed by atoms with Crippen LogP contribution >= 0.6 is 43.6 Å². The molecule has 0 aromatic heterocycles. The van der Waals surface area contributed by atoms with Gasteiger partial charge < -0.3 is 14.4 Å². The fourth-order valence-corrected chi connectivity index (χ4v) is 5.66. The molecule has 2 saturated heterocycles. The highest BCUT2D eigenvalue weighted by Crippen LogP contribution is 2.38. The number of carbonyl (C=O) groups is 3. The van der Waals surface area contributed by atoms with Crippen LogP contribution in [0.2, 0.25) is 0 Å². The van der Waals surface area contributed by atoms with Crippen molar-refractivity contribution in [2.45, 2.75) is 6.61 Å². The van der Waals surface area contributed by atoms with E-state index < -0.39 is 11.1 Å². The van der Waals surface area contributed by atoms with Gasteiger partial charge in [0.25, 0.3) is 11.1 Å². The Bertz CT molecular complexity index is 1130. The molecule has 0 saturated carbocycles. The predicted molar refractivity (Wildman–Crippen MR) is 133 cm³/mol. The van der Waals surface area contributed by atoms with Crippen molar-refractivity contribution in [1.82, 2.24) is 9.80 Å². The molecule has 2 aliphatic rings. The Labute approximate surface area is 216 Å². The molecular weight excluding hydrogens is 595 g/mol. The first-order valence-electron chi connectivity index (χ1n) is 10.3. The molecule has 7 nitrogen and oxygen atoms in total. The van der Waals surface area contributed by atoms with Gasteiger partial charge in [-0.25, -0.2) is 4.39 Å². The second kappa shape index (κ2) is 11.0. The van der Waals surface area contributed by atoms with E-state index in [1.54, 1.807) is 35.2 Å². The lowest BCUT2D eigenvalue weighted by molar-refractivity contribution is -0.139. The number of halogens is 3. The van der Waals surface area contributed by atoms with Crippen LogP contribution < -0.4 is 4.74 Å². The first kappa shape index (κ1) is 24.9. The molecule has 0 N–H and O–H groups in total. The number of hydrogen-bond acceptors (Lipinski definition) is 6. The minimum atomic E-state index is -0.500. The van der Waals surface area contributed by atoms with Crippen LogP contribution in [0.4, 0.5) is 9.18 Å². The summed E-state index contributed by atoms with van der Waals surface area (Å²) in [5.74, 6) is -0.545. The number of nitrogens with zero attached hydrogens (tertiary/aromatic N) is 2. The molecule has 2 fully saturated rings. The van der Waals surface area contributed by atoms with Crippen LogP contribution in [0.15, 0.2) is 50.2 Å². The van der Waals surface area contributed by atoms with E-state index in [0.717, 1.165) is 22.2 Å². The molecule has 11 heteroatoms. The van der Waals surface area contributed by atoms with E-state index >= 15 is 0 Å². The molecular formula is C23H19Br2FN2O5S. The van der Waals surface area contributed by atoms with Crippen LogP contribution in [0.25, 0.3) is 6.08 Å². The fraction of sp³-hybridized carbons (Fsp3) is 0.261. The number of morpholine rings is 1. The fourth-order valence-electron chi connectivity index (χ4n) is 3.37. The van der Waals surface area contributed by atoms with Gasteiger partial charge in [0.15, 0.2) is 0 Å². The van der Waals surface area contributed by atoms with Crippen LogP contribution in [0.1, 0.15) is 11.1 Å². The molecule has 2 aromatic rings. The molecule has 0 atom stereocenters. The lowest BCUT2D eigenvalue weighted by Crippen LogP contribution is -2.46. The van der Waals surface area contributed by atoms with Crippen LogP contribution in [0.3, 0.4) is 0 Å². The summed E-state index contributed by atoms with van der Waals surface area (Å²) < 4.78 is 25.4. The number of thioether (sulfide) groups is 1. The van der Waals surface area contributed by atoms with E-state index in [9.17, 15) is 18.8 Å². The van der Waals surface area contributed by atoms with Gasteiger partial charge in [0.05, 0.1) is 27.1 Å². The number of amides is 3. The van der Waals surface area contributed by atoms with Gasteiger partial charge in [-0.3, -0.25) is 19.3 Å². The lowest BCUT2D eigenvalue weighted by atomic mass is 10.2. The van der Waals surface area contributed by atoms with Crippen molar-refractivity contribution in [3.8, 4) is 5.75 Å². The van der Waals surface area contributed by atoms with Crippen molar-refractivity contribution in [1.29, 1.82) is 0 Å². The lowest BCUT2D eigenvalue weighted by Gasteiger charge is -2.28. The Morgan fingerprint density at radius 1 is 1.12 bits per heavy atom. The molecule has 34 heavy (non-hydrogen) atoms. The van der Waals surface area contributed by atoms with Crippen LogP contribution in [0, 0.1) is 5.82 Å². The maximum Gasteiger partial charge on any atom is 0.294 e. The average molecular weight is 614 g/mol. The maximum absolute atomic E-state index is 13.1. The monoisotopic (exact) mass is 612 g/mol.